The third kappa shape index (κ3) is 4.73. The zero-order chi connectivity index (χ0) is 20.8. The molecule has 1 unspecified atom stereocenters. The van der Waals surface area contributed by atoms with Gasteiger partial charge in [-0.05, 0) is 49.2 Å². The Bertz CT molecular complexity index is 1070. The molecule has 150 valence electrons. The monoisotopic (exact) mass is 389 g/mol. The molecule has 5 heteroatoms. The van der Waals surface area contributed by atoms with Gasteiger partial charge in [0.25, 0.3) is 0 Å². The van der Waals surface area contributed by atoms with Crippen molar-refractivity contribution in [1.29, 1.82) is 5.26 Å². The van der Waals surface area contributed by atoms with Crippen molar-refractivity contribution in [3.63, 3.8) is 0 Å². The van der Waals surface area contributed by atoms with Gasteiger partial charge in [0.2, 0.25) is 0 Å². The summed E-state index contributed by atoms with van der Waals surface area (Å²) in [5.74, 6) is 0.857. The lowest BCUT2D eigenvalue weighted by atomic mass is 9.93. The van der Waals surface area contributed by atoms with Gasteiger partial charge in [-0.1, -0.05) is 44.2 Å². The number of hydrogen-bond acceptors (Lipinski definition) is 5. The second-order valence-electron chi connectivity index (χ2n) is 7.58. The Labute approximate surface area is 171 Å². The zero-order valence-corrected chi connectivity index (χ0v) is 16.9. The summed E-state index contributed by atoms with van der Waals surface area (Å²) in [4.78, 5) is 13.4. The molecule has 3 aromatic rings. The van der Waals surface area contributed by atoms with Crippen LogP contribution in [0.1, 0.15) is 48.8 Å². The second kappa shape index (κ2) is 9.51. The van der Waals surface area contributed by atoms with Crippen molar-refractivity contribution in [3.05, 3.63) is 81.2 Å². The average Bonchev–Trinajstić information content (AvgIpc) is 2.73. The van der Waals surface area contributed by atoms with Gasteiger partial charge >= 0.3 is 0 Å². The van der Waals surface area contributed by atoms with E-state index >= 15 is 0 Å². The molecule has 0 aliphatic rings. The fraction of sp³-hybridized carbons (Fsp3) is 0.333. The molecule has 0 amide bonds. The molecule has 3 N–H and O–H groups in total. The zero-order valence-electron chi connectivity index (χ0n) is 16.9. The van der Waals surface area contributed by atoms with Crippen LogP contribution in [0.5, 0.6) is 0 Å². The molecule has 0 saturated carbocycles. The highest BCUT2D eigenvalue weighted by Gasteiger charge is 2.25. The van der Waals surface area contributed by atoms with E-state index in [2.05, 4.69) is 25.2 Å². The van der Waals surface area contributed by atoms with Gasteiger partial charge in [-0.3, -0.25) is 4.79 Å². The standard InChI is InChI=1S/C24H27N3O2/c1-16(2)22(27-12-6-11-25)24-20(13-17-7-4-3-5-8-17)23(28)19-10-9-18(15-26)14-21(19)29-24/h3-5,7-10,14,16,22,27H,6,11-13,25H2,1-2H3. The maximum atomic E-state index is 13.4. The normalized spacial score (nSPS) is 12.2. The molecular weight excluding hydrogens is 362 g/mol. The van der Waals surface area contributed by atoms with Gasteiger partial charge < -0.3 is 15.5 Å². The first-order chi connectivity index (χ1) is 14.0. The lowest BCUT2D eigenvalue weighted by Crippen LogP contribution is -2.30. The van der Waals surface area contributed by atoms with Gasteiger partial charge in [0.1, 0.15) is 11.3 Å². The van der Waals surface area contributed by atoms with E-state index in [0.29, 0.717) is 40.8 Å². The molecule has 0 bridgehead atoms. The van der Waals surface area contributed by atoms with Crippen LogP contribution < -0.4 is 16.5 Å². The Morgan fingerprint density at radius 3 is 2.59 bits per heavy atom. The van der Waals surface area contributed by atoms with Crippen LogP contribution in [0.2, 0.25) is 0 Å². The predicted molar refractivity (Wildman–Crippen MR) is 116 cm³/mol. The van der Waals surface area contributed by atoms with Gasteiger partial charge in [-0.2, -0.15) is 5.26 Å². The molecular formula is C24H27N3O2. The van der Waals surface area contributed by atoms with E-state index in [1.54, 1.807) is 18.2 Å². The molecule has 0 spiro atoms. The Morgan fingerprint density at radius 1 is 1.17 bits per heavy atom. The van der Waals surface area contributed by atoms with E-state index < -0.39 is 0 Å². The molecule has 1 heterocycles. The average molecular weight is 389 g/mol. The first kappa shape index (κ1) is 20.8. The maximum absolute atomic E-state index is 13.4. The van der Waals surface area contributed by atoms with Crippen LogP contribution in [-0.2, 0) is 6.42 Å². The summed E-state index contributed by atoms with van der Waals surface area (Å²) in [6.07, 6.45) is 1.34. The first-order valence-corrected chi connectivity index (χ1v) is 10.0. The predicted octanol–water partition coefficient (Wildman–Crippen LogP) is 3.89. The van der Waals surface area contributed by atoms with Crippen molar-refractivity contribution in [1.82, 2.24) is 5.32 Å². The van der Waals surface area contributed by atoms with Crippen molar-refractivity contribution in [2.45, 2.75) is 32.7 Å². The molecule has 2 aromatic carbocycles. The van der Waals surface area contributed by atoms with Gasteiger partial charge in [0, 0.05) is 12.0 Å². The molecule has 1 atom stereocenters. The van der Waals surface area contributed by atoms with Gasteiger partial charge in [-0.15, -0.1) is 0 Å². The Balaban J connectivity index is 2.18. The molecule has 0 saturated heterocycles. The third-order valence-electron chi connectivity index (χ3n) is 5.06. The maximum Gasteiger partial charge on any atom is 0.196 e. The SMILES string of the molecule is CC(C)C(NCCCN)c1oc2cc(C#N)ccc2c(=O)c1Cc1ccccc1. The number of benzene rings is 2. The number of hydrogen-bond donors (Lipinski definition) is 2. The second-order valence-corrected chi connectivity index (χ2v) is 7.58. The highest BCUT2D eigenvalue weighted by molar-refractivity contribution is 5.79. The number of rotatable bonds is 8. The van der Waals surface area contributed by atoms with Crippen molar-refractivity contribution in [2.24, 2.45) is 11.7 Å². The topological polar surface area (TPSA) is 92.0 Å². The summed E-state index contributed by atoms with van der Waals surface area (Å²) in [7, 11) is 0. The van der Waals surface area contributed by atoms with E-state index in [0.717, 1.165) is 18.5 Å². The molecule has 1 aromatic heterocycles. The summed E-state index contributed by atoms with van der Waals surface area (Å²) >= 11 is 0. The smallest absolute Gasteiger partial charge is 0.196 e. The Hall–Kier alpha value is -2.94. The number of nitrogens with two attached hydrogens (primary N) is 1. The summed E-state index contributed by atoms with van der Waals surface area (Å²) in [5, 5.41) is 13.2. The summed E-state index contributed by atoms with van der Waals surface area (Å²) < 4.78 is 6.30. The van der Waals surface area contributed by atoms with E-state index in [1.165, 1.54) is 0 Å². The minimum absolute atomic E-state index is 0.0409. The van der Waals surface area contributed by atoms with E-state index in [-0.39, 0.29) is 17.4 Å². The van der Waals surface area contributed by atoms with E-state index in [1.807, 2.05) is 30.3 Å². The molecule has 5 nitrogen and oxygen atoms in total. The fourth-order valence-electron chi connectivity index (χ4n) is 3.53. The molecule has 3 rings (SSSR count). The van der Waals surface area contributed by atoms with Crippen molar-refractivity contribution in [2.75, 3.05) is 13.1 Å². The number of nitrogens with one attached hydrogen (secondary N) is 1. The van der Waals surface area contributed by atoms with Gasteiger partial charge in [0.15, 0.2) is 5.43 Å². The number of fused-ring (bicyclic) bond motifs is 1. The van der Waals surface area contributed by atoms with Crippen LogP contribution in [0.3, 0.4) is 0 Å². The van der Waals surface area contributed by atoms with Crippen LogP contribution >= 0.6 is 0 Å². The lowest BCUT2D eigenvalue weighted by Gasteiger charge is -2.24. The largest absolute Gasteiger partial charge is 0.459 e. The quantitative estimate of drug-likeness (QED) is 0.570. The number of nitrogens with zero attached hydrogens (tertiary/aromatic N) is 1. The van der Waals surface area contributed by atoms with E-state index in [4.69, 9.17) is 10.2 Å². The molecule has 0 radical (unpaired) electrons. The van der Waals surface area contributed by atoms with Crippen molar-refractivity contribution < 1.29 is 4.42 Å². The molecule has 29 heavy (non-hydrogen) atoms. The lowest BCUT2D eigenvalue weighted by molar-refractivity contribution is 0.342. The number of nitriles is 1. The Kier molecular flexibility index (Phi) is 6.82. The minimum atomic E-state index is -0.122. The highest BCUT2D eigenvalue weighted by Crippen LogP contribution is 2.28. The van der Waals surface area contributed by atoms with Crippen LogP contribution in [-0.4, -0.2) is 13.1 Å². The van der Waals surface area contributed by atoms with Crippen molar-refractivity contribution >= 4 is 11.0 Å². The van der Waals surface area contributed by atoms with Crippen LogP contribution in [0, 0.1) is 17.2 Å². The highest BCUT2D eigenvalue weighted by atomic mass is 16.3. The van der Waals surface area contributed by atoms with Crippen molar-refractivity contribution in [3.8, 4) is 6.07 Å². The molecule has 0 fully saturated rings. The van der Waals surface area contributed by atoms with Crippen LogP contribution in [0.4, 0.5) is 0 Å². The fourth-order valence-corrected chi connectivity index (χ4v) is 3.53. The van der Waals surface area contributed by atoms with Crippen LogP contribution in [0.15, 0.2) is 57.7 Å². The summed E-state index contributed by atoms with van der Waals surface area (Å²) in [6.45, 7) is 5.54. The summed E-state index contributed by atoms with van der Waals surface area (Å²) in [6, 6.07) is 16.9. The van der Waals surface area contributed by atoms with E-state index in [9.17, 15) is 10.1 Å². The van der Waals surface area contributed by atoms with Gasteiger partial charge in [-0.25, -0.2) is 0 Å². The Morgan fingerprint density at radius 2 is 1.93 bits per heavy atom. The first-order valence-electron chi connectivity index (χ1n) is 10.0. The third-order valence-corrected chi connectivity index (χ3v) is 5.06. The summed E-state index contributed by atoms with van der Waals surface area (Å²) in [5.41, 5.74) is 8.24. The minimum Gasteiger partial charge on any atom is -0.459 e. The molecule has 0 aliphatic heterocycles. The van der Waals surface area contributed by atoms with Crippen LogP contribution in [0.25, 0.3) is 11.0 Å². The molecule has 0 aliphatic carbocycles. The van der Waals surface area contributed by atoms with Gasteiger partial charge in [0.05, 0.1) is 23.1 Å².